The van der Waals surface area contributed by atoms with E-state index in [1.54, 1.807) is 6.92 Å². The van der Waals surface area contributed by atoms with Crippen molar-refractivity contribution in [1.82, 2.24) is 0 Å². The highest BCUT2D eigenvalue weighted by Crippen LogP contribution is 2.40. The zero-order chi connectivity index (χ0) is 12.1. The van der Waals surface area contributed by atoms with Crippen LogP contribution < -0.4 is 0 Å². The minimum atomic E-state index is -1.60. The fraction of sp³-hybridized carbons (Fsp3) is 0.417. The van der Waals surface area contributed by atoms with Crippen LogP contribution in [0.3, 0.4) is 0 Å². The van der Waals surface area contributed by atoms with Crippen molar-refractivity contribution in [2.24, 2.45) is 5.92 Å². The van der Waals surface area contributed by atoms with E-state index in [1.165, 1.54) is 25.1 Å². The van der Waals surface area contributed by atoms with E-state index in [0.717, 1.165) is 0 Å². The van der Waals surface area contributed by atoms with E-state index in [2.05, 4.69) is 0 Å². The van der Waals surface area contributed by atoms with Crippen LogP contribution in [0.25, 0.3) is 0 Å². The van der Waals surface area contributed by atoms with Gasteiger partial charge in [0.05, 0.1) is 6.10 Å². The highest BCUT2D eigenvalue weighted by atomic mass is 16.3. The van der Waals surface area contributed by atoms with E-state index in [4.69, 9.17) is 0 Å². The summed E-state index contributed by atoms with van der Waals surface area (Å²) in [6.07, 6.45) is -0.900. The zero-order valence-corrected chi connectivity index (χ0v) is 9.14. The van der Waals surface area contributed by atoms with Crippen LogP contribution in [0.2, 0.25) is 0 Å². The van der Waals surface area contributed by atoms with Crippen LogP contribution >= 0.6 is 0 Å². The van der Waals surface area contributed by atoms with Gasteiger partial charge in [0.2, 0.25) is 0 Å². The average Bonchev–Trinajstić information content (AvgIpc) is 2.24. The summed E-state index contributed by atoms with van der Waals surface area (Å²) < 4.78 is 0. The maximum Gasteiger partial charge on any atom is 0.194 e. The molecule has 3 N–H and O–H groups in total. The molecule has 1 aromatic carbocycles. The van der Waals surface area contributed by atoms with Crippen molar-refractivity contribution in [3.05, 3.63) is 29.3 Å². The fourth-order valence-corrected chi connectivity index (χ4v) is 2.05. The molecule has 1 aliphatic carbocycles. The first-order chi connectivity index (χ1) is 7.35. The Balaban J connectivity index is 2.65. The maximum atomic E-state index is 12.0. The minimum Gasteiger partial charge on any atom is -0.508 e. The van der Waals surface area contributed by atoms with Gasteiger partial charge in [-0.05, 0) is 24.6 Å². The molecule has 3 unspecified atom stereocenters. The van der Waals surface area contributed by atoms with Gasteiger partial charge in [0.25, 0.3) is 0 Å². The Morgan fingerprint density at radius 3 is 2.62 bits per heavy atom. The SMILES string of the molecule is CC1C(O)c2ccc(O)cc2C(=O)C1(C)O. The molecule has 2 rings (SSSR count). The van der Waals surface area contributed by atoms with Crippen LogP contribution in [0.15, 0.2) is 18.2 Å². The Kier molecular flexibility index (Phi) is 2.29. The minimum absolute atomic E-state index is 0.0512. The lowest BCUT2D eigenvalue weighted by Gasteiger charge is -2.38. The number of benzene rings is 1. The van der Waals surface area contributed by atoms with E-state index < -0.39 is 23.4 Å². The number of hydrogen-bond acceptors (Lipinski definition) is 4. The predicted molar refractivity (Wildman–Crippen MR) is 57.2 cm³/mol. The Labute approximate surface area is 93.2 Å². The molecule has 0 radical (unpaired) electrons. The van der Waals surface area contributed by atoms with Crippen LogP contribution in [0.4, 0.5) is 0 Å². The molecule has 0 aromatic heterocycles. The molecule has 0 amide bonds. The van der Waals surface area contributed by atoms with Crippen molar-refractivity contribution in [2.45, 2.75) is 25.6 Å². The lowest BCUT2D eigenvalue weighted by Crippen LogP contribution is -2.48. The summed E-state index contributed by atoms with van der Waals surface area (Å²) in [6, 6.07) is 4.21. The van der Waals surface area contributed by atoms with Gasteiger partial charge in [-0.3, -0.25) is 4.79 Å². The first-order valence-corrected chi connectivity index (χ1v) is 5.14. The maximum absolute atomic E-state index is 12.0. The summed E-state index contributed by atoms with van der Waals surface area (Å²) in [6.45, 7) is 3.01. The van der Waals surface area contributed by atoms with Gasteiger partial charge in [-0.2, -0.15) is 0 Å². The van der Waals surface area contributed by atoms with Crippen molar-refractivity contribution in [1.29, 1.82) is 0 Å². The fourth-order valence-electron chi connectivity index (χ4n) is 2.05. The molecule has 1 aromatic rings. The van der Waals surface area contributed by atoms with E-state index in [9.17, 15) is 20.1 Å². The predicted octanol–water partition coefficient (Wildman–Crippen LogP) is 1.01. The van der Waals surface area contributed by atoms with E-state index in [0.29, 0.717) is 5.56 Å². The summed E-state index contributed by atoms with van der Waals surface area (Å²) >= 11 is 0. The second kappa shape index (κ2) is 3.30. The number of aliphatic hydroxyl groups excluding tert-OH is 1. The van der Waals surface area contributed by atoms with Gasteiger partial charge in [0.1, 0.15) is 11.4 Å². The molecule has 4 heteroatoms. The van der Waals surface area contributed by atoms with Gasteiger partial charge in [-0.15, -0.1) is 0 Å². The summed E-state index contributed by atoms with van der Waals surface area (Å²) in [5.41, 5.74) is -0.947. The monoisotopic (exact) mass is 222 g/mol. The number of phenols is 1. The van der Waals surface area contributed by atoms with Crippen molar-refractivity contribution in [3.8, 4) is 5.75 Å². The van der Waals surface area contributed by atoms with Crippen molar-refractivity contribution in [2.75, 3.05) is 0 Å². The standard InChI is InChI=1S/C12H14O4/c1-6-10(14)8-4-3-7(13)5-9(8)11(15)12(6,2)16/h3-6,10,13-14,16H,1-2H3. The molecular weight excluding hydrogens is 208 g/mol. The number of fused-ring (bicyclic) bond motifs is 1. The topological polar surface area (TPSA) is 77.8 Å². The molecule has 0 fully saturated rings. The summed E-state index contributed by atoms with van der Waals surface area (Å²) in [5, 5.41) is 29.3. The number of hydrogen-bond donors (Lipinski definition) is 3. The van der Waals surface area contributed by atoms with Crippen molar-refractivity contribution in [3.63, 3.8) is 0 Å². The molecule has 16 heavy (non-hydrogen) atoms. The Morgan fingerprint density at radius 1 is 1.38 bits per heavy atom. The normalized spacial score (nSPS) is 33.6. The molecule has 0 heterocycles. The van der Waals surface area contributed by atoms with Gasteiger partial charge in [0.15, 0.2) is 5.78 Å². The molecule has 0 bridgehead atoms. The van der Waals surface area contributed by atoms with Crippen LogP contribution in [-0.2, 0) is 0 Å². The molecule has 0 aliphatic heterocycles. The number of rotatable bonds is 0. The smallest absolute Gasteiger partial charge is 0.194 e. The Bertz CT molecular complexity index is 450. The second-order valence-electron chi connectivity index (χ2n) is 4.48. The number of ketones is 1. The van der Waals surface area contributed by atoms with Gasteiger partial charge < -0.3 is 15.3 Å². The number of aliphatic hydroxyl groups is 2. The molecule has 0 saturated heterocycles. The van der Waals surface area contributed by atoms with Gasteiger partial charge in [-0.25, -0.2) is 0 Å². The molecule has 86 valence electrons. The lowest BCUT2D eigenvalue weighted by atomic mass is 9.71. The van der Waals surface area contributed by atoms with E-state index in [1.807, 2.05) is 0 Å². The third kappa shape index (κ3) is 1.34. The average molecular weight is 222 g/mol. The van der Waals surface area contributed by atoms with E-state index >= 15 is 0 Å². The molecule has 1 aliphatic rings. The summed E-state index contributed by atoms with van der Waals surface area (Å²) in [4.78, 5) is 12.0. The van der Waals surface area contributed by atoms with Gasteiger partial charge >= 0.3 is 0 Å². The van der Waals surface area contributed by atoms with Crippen LogP contribution in [-0.4, -0.2) is 26.7 Å². The molecule has 0 spiro atoms. The first-order valence-electron chi connectivity index (χ1n) is 5.14. The lowest BCUT2D eigenvalue weighted by molar-refractivity contribution is -0.0403. The highest BCUT2D eigenvalue weighted by Gasteiger charge is 2.46. The van der Waals surface area contributed by atoms with Crippen molar-refractivity contribution < 1.29 is 20.1 Å². The highest BCUT2D eigenvalue weighted by molar-refractivity contribution is 6.05. The van der Waals surface area contributed by atoms with Crippen LogP contribution in [0.1, 0.15) is 35.9 Å². The zero-order valence-electron chi connectivity index (χ0n) is 9.14. The third-order valence-corrected chi connectivity index (χ3v) is 3.42. The second-order valence-corrected chi connectivity index (χ2v) is 4.48. The van der Waals surface area contributed by atoms with Gasteiger partial charge in [-0.1, -0.05) is 13.0 Å². The summed E-state index contributed by atoms with van der Waals surface area (Å²) in [5.74, 6) is -1.09. The first kappa shape index (κ1) is 11.1. The number of aromatic hydroxyl groups is 1. The largest absolute Gasteiger partial charge is 0.508 e. The number of phenolic OH excluding ortho intramolecular Hbond substituents is 1. The number of carbonyl (C=O) groups excluding carboxylic acids is 1. The number of carbonyl (C=O) groups is 1. The summed E-state index contributed by atoms with van der Waals surface area (Å²) in [7, 11) is 0. The third-order valence-electron chi connectivity index (χ3n) is 3.42. The Morgan fingerprint density at radius 2 is 2.00 bits per heavy atom. The van der Waals surface area contributed by atoms with E-state index in [-0.39, 0.29) is 11.3 Å². The molecule has 0 saturated carbocycles. The quantitative estimate of drug-likeness (QED) is 0.612. The van der Waals surface area contributed by atoms with Crippen molar-refractivity contribution >= 4 is 5.78 Å². The molecule has 3 atom stereocenters. The Hall–Kier alpha value is -1.39. The molecular formula is C12H14O4. The van der Waals surface area contributed by atoms with Crippen LogP contribution in [0, 0.1) is 5.92 Å². The molecule has 4 nitrogen and oxygen atoms in total. The van der Waals surface area contributed by atoms with Gasteiger partial charge in [0, 0.05) is 11.5 Å². The van der Waals surface area contributed by atoms with Crippen LogP contribution in [0.5, 0.6) is 5.75 Å². The number of Topliss-reactive ketones (excluding diaryl/α,β-unsaturated/α-hetero) is 1.